The van der Waals surface area contributed by atoms with Crippen molar-refractivity contribution in [2.75, 3.05) is 5.73 Å². The second-order valence-corrected chi connectivity index (χ2v) is 5.10. The van der Waals surface area contributed by atoms with Gasteiger partial charge in [-0.1, -0.05) is 17.3 Å². The molecule has 20 heavy (non-hydrogen) atoms. The molecular formula is C15H13N3O2. The number of anilines is 1. The fourth-order valence-corrected chi connectivity index (χ4v) is 2.48. The van der Waals surface area contributed by atoms with E-state index in [2.05, 4.69) is 10.1 Å². The smallest absolute Gasteiger partial charge is 0.238 e. The van der Waals surface area contributed by atoms with Gasteiger partial charge in [0, 0.05) is 5.69 Å². The maximum atomic E-state index is 5.73. The van der Waals surface area contributed by atoms with Crippen LogP contribution in [-0.4, -0.2) is 10.1 Å². The van der Waals surface area contributed by atoms with E-state index in [1.165, 1.54) is 5.56 Å². The first-order valence-corrected chi connectivity index (χ1v) is 6.52. The summed E-state index contributed by atoms with van der Waals surface area (Å²) in [7, 11) is 0. The number of nitrogen functional groups attached to an aromatic ring is 1. The summed E-state index contributed by atoms with van der Waals surface area (Å²) in [4.78, 5) is 4.48. The lowest BCUT2D eigenvalue weighted by Crippen LogP contribution is -2.09. The van der Waals surface area contributed by atoms with Crippen molar-refractivity contribution < 1.29 is 8.94 Å². The Morgan fingerprint density at radius 1 is 1.10 bits per heavy atom. The van der Waals surface area contributed by atoms with Gasteiger partial charge in [-0.15, -0.1) is 0 Å². The monoisotopic (exact) mass is 267 g/mol. The molecule has 1 aliphatic carbocycles. The molecule has 100 valence electrons. The lowest BCUT2D eigenvalue weighted by molar-refractivity contribution is 0.359. The van der Waals surface area contributed by atoms with Gasteiger partial charge in [0.1, 0.15) is 0 Å². The Hall–Kier alpha value is -2.56. The molecule has 0 spiro atoms. The van der Waals surface area contributed by atoms with Crippen molar-refractivity contribution in [2.24, 2.45) is 0 Å². The van der Waals surface area contributed by atoms with E-state index >= 15 is 0 Å². The molecule has 1 aliphatic rings. The molecule has 5 heteroatoms. The molecular weight excluding hydrogens is 254 g/mol. The minimum Gasteiger partial charge on any atom is -0.461 e. The zero-order valence-corrected chi connectivity index (χ0v) is 10.7. The molecule has 0 saturated heterocycles. The molecule has 1 aromatic carbocycles. The first-order valence-electron chi connectivity index (χ1n) is 6.52. The van der Waals surface area contributed by atoms with Gasteiger partial charge in [-0.05, 0) is 42.7 Å². The third kappa shape index (κ3) is 1.63. The quantitative estimate of drug-likeness (QED) is 0.738. The first kappa shape index (κ1) is 11.3. The van der Waals surface area contributed by atoms with E-state index in [-0.39, 0.29) is 5.41 Å². The molecule has 2 N–H and O–H groups in total. The number of hydrogen-bond donors (Lipinski definition) is 1. The molecule has 0 amide bonds. The van der Waals surface area contributed by atoms with Crippen LogP contribution >= 0.6 is 0 Å². The molecule has 5 nitrogen and oxygen atoms in total. The fourth-order valence-electron chi connectivity index (χ4n) is 2.48. The highest BCUT2D eigenvalue weighted by Crippen LogP contribution is 2.53. The Kier molecular flexibility index (Phi) is 2.24. The van der Waals surface area contributed by atoms with Gasteiger partial charge < -0.3 is 14.7 Å². The second-order valence-electron chi connectivity index (χ2n) is 5.10. The number of nitrogens with zero attached hydrogens (tertiary/aromatic N) is 2. The average molecular weight is 267 g/mol. The van der Waals surface area contributed by atoms with Crippen LogP contribution in [-0.2, 0) is 5.41 Å². The van der Waals surface area contributed by atoms with E-state index in [0.717, 1.165) is 18.5 Å². The third-order valence-electron chi connectivity index (χ3n) is 3.79. The Balaban J connectivity index is 1.72. The van der Waals surface area contributed by atoms with Crippen molar-refractivity contribution in [3.8, 4) is 11.6 Å². The van der Waals surface area contributed by atoms with Crippen LogP contribution in [0.25, 0.3) is 11.6 Å². The number of benzene rings is 1. The molecule has 0 atom stereocenters. The van der Waals surface area contributed by atoms with Gasteiger partial charge in [-0.3, -0.25) is 0 Å². The number of aromatic nitrogens is 2. The summed E-state index contributed by atoms with van der Waals surface area (Å²) >= 11 is 0. The van der Waals surface area contributed by atoms with E-state index in [1.54, 1.807) is 12.3 Å². The summed E-state index contributed by atoms with van der Waals surface area (Å²) < 4.78 is 10.7. The first-order chi connectivity index (χ1) is 9.78. The maximum Gasteiger partial charge on any atom is 0.238 e. The molecule has 2 aromatic heterocycles. The van der Waals surface area contributed by atoms with E-state index in [0.29, 0.717) is 17.5 Å². The van der Waals surface area contributed by atoms with Gasteiger partial charge in [0.05, 0.1) is 11.7 Å². The van der Waals surface area contributed by atoms with Gasteiger partial charge in [0.25, 0.3) is 0 Å². The van der Waals surface area contributed by atoms with Crippen LogP contribution in [0.15, 0.2) is 51.6 Å². The standard InChI is InChI=1S/C15H13N3O2/c16-11-5-3-10(4-6-11)15(7-8-15)14-17-13(18-20-14)12-2-1-9-19-12/h1-6,9H,7-8,16H2. The summed E-state index contributed by atoms with van der Waals surface area (Å²) in [6, 6.07) is 11.5. The molecule has 2 heterocycles. The van der Waals surface area contributed by atoms with Crippen LogP contribution in [0.4, 0.5) is 5.69 Å². The molecule has 4 rings (SSSR count). The van der Waals surface area contributed by atoms with Crippen molar-refractivity contribution in [2.45, 2.75) is 18.3 Å². The minimum atomic E-state index is -0.147. The Bertz CT molecular complexity index is 725. The second kappa shape index (κ2) is 3.96. The molecule has 1 saturated carbocycles. The van der Waals surface area contributed by atoms with E-state index in [4.69, 9.17) is 14.7 Å². The van der Waals surface area contributed by atoms with Crippen LogP contribution in [0.2, 0.25) is 0 Å². The van der Waals surface area contributed by atoms with Crippen LogP contribution in [0.1, 0.15) is 24.3 Å². The van der Waals surface area contributed by atoms with Gasteiger partial charge in [0.15, 0.2) is 5.76 Å². The summed E-state index contributed by atoms with van der Waals surface area (Å²) in [5, 5.41) is 4.00. The molecule has 0 aliphatic heterocycles. The Morgan fingerprint density at radius 2 is 1.90 bits per heavy atom. The highest BCUT2D eigenvalue weighted by molar-refractivity contribution is 5.49. The van der Waals surface area contributed by atoms with E-state index < -0.39 is 0 Å². The highest BCUT2D eigenvalue weighted by atomic mass is 16.5. The van der Waals surface area contributed by atoms with Crippen molar-refractivity contribution in [1.82, 2.24) is 10.1 Å². The zero-order valence-electron chi connectivity index (χ0n) is 10.7. The van der Waals surface area contributed by atoms with Crippen molar-refractivity contribution in [3.05, 3.63) is 54.1 Å². The summed E-state index contributed by atoms with van der Waals surface area (Å²) in [6.07, 6.45) is 3.62. The Labute approximate surface area is 115 Å². The van der Waals surface area contributed by atoms with Crippen LogP contribution in [0.3, 0.4) is 0 Å². The Morgan fingerprint density at radius 3 is 2.55 bits per heavy atom. The molecule has 0 bridgehead atoms. The van der Waals surface area contributed by atoms with Crippen LogP contribution in [0.5, 0.6) is 0 Å². The summed E-state index contributed by atoms with van der Waals surface area (Å²) in [5.74, 6) is 1.76. The molecule has 3 aromatic rings. The molecule has 0 radical (unpaired) electrons. The summed E-state index contributed by atoms with van der Waals surface area (Å²) in [5.41, 5.74) is 7.51. The lowest BCUT2D eigenvalue weighted by Gasteiger charge is -2.10. The highest BCUT2D eigenvalue weighted by Gasteiger charge is 2.51. The predicted molar refractivity (Wildman–Crippen MR) is 72.9 cm³/mol. The molecule has 0 unspecified atom stereocenters. The van der Waals surface area contributed by atoms with Gasteiger partial charge >= 0.3 is 0 Å². The zero-order chi connectivity index (χ0) is 13.6. The lowest BCUT2D eigenvalue weighted by atomic mass is 9.96. The average Bonchev–Trinajstić information content (AvgIpc) is 2.93. The summed E-state index contributed by atoms with van der Waals surface area (Å²) in [6.45, 7) is 0. The fraction of sp³-hybridized carbons (Fsp3) is 0.200. The van der Waals surface area contributed by atoms with Gasteiger partial charge in [-0.2, -0.15) is 4.98 Å². The SMILES string of the molecule is Nc1ccc(C2(c3nc(-c4ccco4)no3)CC2)cc1. The largest absolute Gasteiger partial charge is 0.461 e. The van der Waals surface area contributed by atoms with E-state index in [1.807, 2.05) is 30.3 Å². The van der Waals surface area contributed by atoms with Crippen molar-refractivity contribution in [3.63, 3.8) is 0 Å². The molecule has 1 fully saturated rings. The van der Waals surface area contributed by atoms with E-state index in [9.17, 15) is 0 Å². The van der Waals surface area contributed by atoms with Crippen molar-refractivity contribution >= 4 is 5.69 Å². The number of rotatable bonds is 3. The predicted octanol–water partition coefficient (Wildman–Crippen LogP) is 2.99. The normalized spacial score (nSPS) is 16.2. The van der Waals surface area contributed by atoms with Crippen LogP contribution in [0, 0.1) is 0 Å². The number of hydrogen-bond acceptors (Lipinski definition) is 5. The maximum absolute atomic E-state index is 5.73. The van der Waals surface area contributed by atoms with Crippen molar-refractivity contribution in [1.29, 1.82) is 0 Å². The number of nitrogens with two attached hydrogens (primary N) is 1. The van der Waals surface area contributed by atoms with Gasteiger partial charge in [0.2, 0.25) is 11.7 Å². The van der Waals surface area contributed by atoms with Gasteiger partial charge in [-0.25, -0.2) is 0 Å². The van der Waals surface area contributed by atoms with Crippen LogP contribution < -0.4 is 5.73 Å². The number of furan rings is 1. The third-order valence-corrected chi connectivity index (χ3v) is 3.79. The minimum absolute atomic E-state index is 0.147. The topological polar surface area (TPSA) is 78.1 Å².